The maximum atomic E-state index is 12.3. The van der Waals surface area contributed by atoms with Crippen LogP contribution in [0.3, 0.4) is 0 Å². The van der Waals surface area contributed by atoms with Crippen molar-refractivity contribution in [1.82, 2.24) is 5.32 Å². The van der Waals surface area contributed by atoms with Gasteiger partial charge in [-0.3, -0.25) is 4.79 Å². The van der Waals surface area contributed by atoms with Gasteiger partial charge in [-0.05, 0) is 30.5 Å². The smallest absolute Gasteiger partial charge is 0.332 e. The van der Waals surface area contributed by atoms with E-state index in [1.165, 1.54) is 0 Å². The monoisotopic (exact) mass is 349 g/mol. The van der Waals surface area contributed by atoms with Crippen molar-refractivity contribution in [2.24, 2.45) is 0 Å². The average molecular weight is 349 g/mol. The van der Waals surface area contributed by atoms with Crippen LogP contribution in [0.15, 0.2) is 18.2 Å². The molecule has 2 heterocycles. The molecular weight excluding hydrogens is 326 g/mol. The molecule has 7 heteroatoms. The fourth-order valence-corrected chi connectivity index (χ4v) is 3.00. The second kappa shape index (κ2) is 6.92. The van der Waals surface area contributed by atoms with Crippen LogP contribution in [0.1, 0.15) is 32.3 Å². The molecule has 25 heavy (non-hydrogen) atoms. The maximum absolute atomic E-state index is 12.3. The number of carboxylic acids is 1. The minimum absolute atomic E-state index is 0.269. The van der Waals surface area contributed by atoms with Crippen LogP contribution < -0.4 is 14.8 Å². The molecule has 0 radical (unpaired) electrons. The zero-order valence-corrected chi connectivity index (χ0v) is 14.4. The Morgan fingerprint density at radius 3 is 2.52 bits per heavy atom. The van der Waals surface area contributed by atoms with Crippen molar-refractivity contribution in [1.29, 1.82) is 0 Å². The molecule has 136 valence electrons. The molecule has 1 aromatic carbocycles. The number of hydrogen-bond acceptors (Lipinski definition) is 5. The lowest BCUT2D eigenvalue weighted by Gasteiger charge is -2.28. The quantitative estimate of drug-likeness (QED) is 0.836. The molecule has 0 bridgehead atoms. The highest BCUT2D eigenvalue weighted by atomic mass is 16.6. The third kappa shape index (κ3) is 3.87. The van der Waals surface area contributed by atoms with E-state index in [2.05, 4.69) is 5.32 Å². The molecule has 1 saturated heterocycles. The predicted octanol–water partition coefficient (Wildman–Crippen LogP) is 1.48. The third-order valence-electron chi connectivity index (χ3n) is 4.62. The summed E-state index contributed by atoms with van der Waals surface area (Å²) in [5.41, 5.74) is 0.698. The van der Waals surface area contributed by atoms with Crippen LogP contribution in [-0.4, -0.2) is 48.9 Å². The number of carbonyl (C=O) groups is 2. The first-order valence-electron chi connectivity index (χ1n) is 8.43. The highest BCUT2D eigenvalue weighted by Gasteiger charge is 2.35. The second-order valence-corrected chi connectivity index (χ2v) is 6.99. The van der Waals surface area contributed by atoms with Crippen LogP contribution in [0.4, 0.5) is 0 Å². The molecule has 0 unspecified atom stereocenters. The van der Waals surface area contributed by atoms with Crippen molar-refractivity contribution in [3.8, 4) is 11.5 Å². The van der Waals surface area contributed by atoms with Crippen molar-refractivity contribution < 1.29 is 28.9 Å². The molecule has 1 aromatic rings. The van der Waals surface area contributed by atoms with Crippen LogP contribution in [0.25, 0.3) is 0 Å². The molecule has 1 fully saturated rings. The van der Waals surface area contributed by atoms with E-state index < -0.39 is 18.2 Å². The van der Waals surface area contributed by atoms with Gasteiger partial charge in [0, 0.05) is 12.0 Å². The van der Waals surface area contributed by atoms with Gasteiger partial charge in [0.2, 0.25) is 5.91 Å². The minimum atomic E-state index is -1.02. The van der Waals surface area contributed by atoms with Crippen molar-refractivity contribution in [2.75, 3.05) is 19.8 Å². The molecule has 0 saturated carbocycles. The Kier molecular flexibility index (Phi) is 4.85. The van der Waals surface area contributed by atoms with Crippen LogP contribution >= 0.6 is 0 Å². The molecule has 2 aliphatic rings. The first kappa shape index (κ1) is 17.5. The van der Waals surface area contributed by atoms with E-state index in [-0.39, 0.29) is 11.3 Å². The van der Waals surface area contributed by atoms with Crippen LogP contribution in [0.5, 0.6) is 11.5 Å². The van der Waals surface area contributed by atoms with E-state index in [0.29, 0.717) is 38.3 Å². The van der Waals surface area contributed by atoms with E-state index in [1.807, 2.05) is 32.0 Å². The van der Waals surface area contributed by atoms with E-state index in [1.54, 1.807) is 0 Å². The molecule has 0 aliphatic carbocycles. The van der Waals surface area contributed by atoms with Gasteiger partial charge < -0.3 is 24.6 Å². The number of carbonyl (C=O) groups excluding carboxylic acids is 1. The number of ether oxygens (including phenoxy) is 3. The zero-order valence-electron chi connectivity index (χ0n) is 14.4. The van der Waals surface area contributed by atoms with Gasteiger partial charge in [-0.25, -0.2) is 4.79 Å². The summed E-state index contributed by atoms with van der Waals surface area (Å²) in [5, 5.41) is 11.8. The lowest BCUT2D eigenvalue weighted by atomic mass is 9.84. The number of carboxylic acid groups (broad SMARTS) is 1. The molecule has 1 amide bonds. The van der Waals surface area contributed by atoms with Crippen LogP contribution in [0, 0.1) is 0 Å². The van der Waals surface area contributed by atoms with E-state index in [4.69, 9.17) is 19.3 Å². The van der Waals surface area contributed by atoms with Gasteiger partial charge in [-0.2, -0.15) is 0 Å². The van der Waals surface area contributed by atoms with Gasteiger partial charge in [0.15, 0.2) is 17.6 Å². The largest absolute Gasteiger partial charge is 0.486 e. The Bertz CT molecular complexity index is 672. The van der Waals surface area contributed by atoms with Crippen LogP contribution in [0.2, 0.25) is 0 Å². The predicted molar refractivity (Wildman–Crippen MR) is 89.0 cm³/mol. The number of aliphatic carboxylic acids is 1. The molecule has 2 atom stereocenters. The molecule has 3 rings (SSSR count). The molecule has 0 spiro atoms. The van der Waals surface area contributed by atoms with E-state index in [9.17, 15) is 9.59 Å². The summed E-state index contributed by atoms with van der Waals surface area (Å²) in [6, 6.07) is 5.78. The highest BCUT2D eigenvalue weighted by Crippen LogP contribution is 2.35. The normalized spacial score (nSPS) is 22.5. The van der Waals surface area contributed by atoms with Gasteiger partial charge in [0.05, 0.1) is 0 Å². The summed E-state index contributed by atoms with van der Waals surface area (Å²) >= 11 is 0. The fraction of sp³-hybridized carbons (Fsp3) is 0.556. The summed E-state index contributed by atoms with van der Waals surface area (Å²) < 4.78 is 16.4. The van der Waals surface area contributed by atoms with Gasteiger partial charge in [0.1, 0.15) is 19.3 Å². The number of hydrogen-bond donors (Lipinski definition) is 2. The Morgan fingerprint density at radius 1 is 1.16 bits per heavy atom. The second-order valence-electron chi connectivity index (χ2n) is 6.99. The van der Waals surface area contributed by atoms with Gasteiger partial charge >= 0.3 is 5.97 Å². The number of rotatable bonds is 5. The zero-order chi connectivity index (χ0) is 18.0. The van der Waals surface area contributed by atoms with Gasteiger partial charge in [-0.1, -0.05) is 19.9 Å². The lowest BCUT2D eigenvalue weighted by Crippen LogP contribution is -2.42. The summed E-state index contributed by atoms with van der Waals surface area (Å²) in [4.78, 5) is 23.2. The fourth-order valence-electron chi connectivity index (χ4n) is 3.00. The topological polar surface area (TPSA) is 94.1 Å². The van der Waals surface area contributed by atoms with Crippen molar-refractivity contribution in [3.05, 3.63) is 23.8 Å². The van der Waals surface area contributed by atoms with Crippen molar-refractivity contribution >= 4 is 11.9 Å². The highest BCUT2D eigenvalue weighted by molar-refractivity contribution is 5.82. The molecular formula is C18H23NO6. The molecule has 7 nitrogen and oxygen atoms in total. The van der Waals surface area contributed by atoms with E-state index in [0.717, 1.165) is 11.3 Å². The Labute approximate surface area is 146 Å². The Balaban J connectivity index is 1.60. The van der Waals surface area contributed by atoms with Gasteiger partial charge in [0.25, 0.3) is 0 Å². The summed E-state index contributed by atoms with van der Waals surface area (Å²) in [5.74, 6) is 0.154. The average Bonchev–Trinajstić information content (AvgIpc) is 3.10. The first-order chi connectivity index (χ1) is 11.9. The number of nitrogens with one attached hydrogen (secondary N) is 1. The van der Waals surface area contributed by atoms with Crippen molar-refractivity contribution in [3.63, 3.8) is 0 Å². The van der Waals surface area contributed by atoms with Gasteiger partial charge in [-0.15, -0.1) is 0 Å². The summed E-state index contributed by atoms with van der Waals surface area (Å²) in [6.07, 6.45) is -0.801. The standard InChI is InChI=1S/C18H23NO6/c1-18(2,11-3-4-12-15(9-11)24-8-7-23-12)10-19-16(20)13-5-6-14(25-13)17(21)22/h3-4,9,13-14H,5-8,10H2,1-2H3,(H,19,20)(H,21,22)/t13-,14+/m0/s1. The van der Waals surface area contributed by atoms with Crippen LogP contribution in [-0.2, 0) is 19.7 Å². The Morgan fingerprint density at radius 2 is 1.84 bits per heavy atom. The third-order valence-corrected chi connectivity index (χ3v) is 4.62. The lowest BCUT2D eigenvalue weighted by molar-refractivity contribution is -0.151. The molecule has 2 aliphatic heterocycles. The number of fused-ring (bicyclic) bond motifs is 1. The minimum Gasteiger partial charge on any atom is -0.486 e. The summed E-state index contributed by atoms with van der Waals surface area (Å²) in [7, 11) is 0. The number of benzene rings is 1. The molecule has 2 N–H and O–H groups in total. The van der Waals surface area contributed by atoms with Crippen molar-refractivity contribution in [2.45, 2.75) is 44.3 Å². The van der Waals surface area contributed by atoms with E-state index >= 15 is 0 Å². The summed E-state index contributed by atoms with van der Waals surface area (Å²) in [6.45, 7) is 5.52. The Hall–Kier alpha value is -2.28. The molecule has 0 aromatic heterocycles. The number of amides is 1. The first-order valence-corrected chi connectivity index (χ1v) is 8.43. The SMILES string of the molecule is CC(C)(CNC(=O)[C@@H]1CC[C@H](C(=O)O)O1)c1ccc2c(c1)OCCO2. The maximum Gasteiger partial charge on any atom is 0.332 e.